The van der Waals surface area contributed by atoms with Gasteiger partial charge >= 0.3 is 0 Å². The van der Waals surface area contributed by atoms with Gasteiger partial charge in [0.1, 0.15) is 6.04 Å². The summed E-state index contributed by atoms with van der Waals surface area (Å²) in [5.41, 5.74) is 2.28. The van der Waals surface area contributed by atoms with Crippen LogP contribution in [-0.4, -0.2) is 34.6 Å². The van der Waals surface area contributed by atoms with E-state index in [2.05, 4.69) is 17.4 Å². The molecule has 0 heterocycles. The number of nitrogens with one attached hydrogen (secondary N) is 1. The van der Waals surface area contributed by atoms with Gasteiger partial charge in [0.05, 0.1) is 0 Å². The van der Waals surface area contributed by atoms with Crippen molar-refractivity contribution in [3.8, 4) is 0 Å². The van der Waals surface area contributed by atoms with E-state index in [0.29, 0.717) is 13.0 Å². The summed E-state index contributed by atoms with van der Waals surface area (Å²) >= 11 is 1.74. The predicted molar refractivity (Wildman–Crippen MR) is 117 cm³/mol. The third kappa shape index (κ3) is 7.39. The maximum atomic E-state index is 12.9. The van der Waals surface area contributed by atoms with Crippen molar-refractivity contribution in [3.63, 3.8) is 0 Å². The van der Waals surface area contributed by atoms with Crippen molar-refractivity contribution in [2.45, 2.75) is 51.6 Å². The molecular formula is C23H30N2O2S. The summed E-state index contributed by atoms with van der Waals surface area (Å²) < 4.78 is 0. The van der Waals surface area contributed by atoms with Crippen LogP contribution in [0.25, 0.3) is 0 Å². The Morgan fingerprint density at radius 1 is 0.929 bits per heavy atom. The van der Waals surface area contributed by atoms with E-state index in [9.17, 15) is 9.59 Å². The summed E-state index contributed by atoms with van der Waals surface area (Å²) in [6.45, 7) is 6.09. The van der Waals surface area contributed by atoms with Gasteiger partial charge in [-0.05, 0) is 31.9 Å². The molecule has 0 saturated carbocycles. The van der Waals surface area contributed by atoms with Gasteiger partial charge in [0, 0.05) is 30.5 Å². The van der Waals surface area contributed by atoms with Crippen LogP contribution in [0.3, 0.4) is 0 Å². The Bertz CT molecular complexity index is 735. The fourth-order valence-electron chi connectivity index (χ4n) is 2.84. The van der Waals surface area contributed by atoms with E-state index in [1.54, 1.807) is 23.6 Å². The molecule has 0 spiro atoms. The summed E-state index contributed by atoms with van der Waals surface area (Å²) in [6, 6.07) is 19.6. The molecule has 5 heteroatoms. The monoisotopic (exact) mass is 398 g/mol. The second-order valence-corrected chi connectivity index (χ2v) is 8.24. The Morgan fingerprint density at radius 3 is 2.07 bits per heavy atom. The van der Waals surface area contributed by atoms with Gasteiger partial charge in [0.25, 0.3) is 0 Å². The Morgan fingerprint density at radius 2 is 1.50 bits per heavy atom. The molecule has 1 N–H and O–H groups in total. The van der Waals surface area contributed by atoms with Gasteiger partial charge in [-0.1, -0.05) is 60.7 Å². The minimum absolute atomic E-state index is 0.0100. The third-order valence-electron chi connectivity index (χ3n) is 4.37. The number of hydrogen-bond donors (Lipinski definition) is 1. The van der Waals surface area contributed by atoms with Crippen molar-refractivity contribution in [2.24, 2.45) is 0 Å². The average Bonchev–Trinajstić information content (AvgIpc) is 2.70. The predicted octanol–water partition coefficient (Wildman–Crippen LogP) is 4.25. The molecule has 28 heavy (non-hydrogen) atoms. The molecule has 0 saturated heterocycles. The molecule has 2 aromatic rings. The van der Waals surface area contributed by atoms with Crippen molar-refractivity contribution in [3.05, 3.63) is 71.8 Å². The lowest BCUT2D eigenvalue weighted by atomic mass is 10.1. The smallest absolute Gasteiger partial charge is 0.242 e. The topological polar surface area (TPSA) is 49.4 Å². The number of thioether (sulfide) groups is 1. The molecule has 0 fully saturated rings. The number of hydrogen-bond acceptors (Lipinski definition) is 3. The van der Waals surface area contributed by atoms with Crippen LogP contribution in [-0.2, 0) is 21.9 Å². The van der Waals surface area contributed by atoms with E-state index < -0.39 is 6.04 Å². The van der Waals surface area contributed by atoms with E-state index in [-0.39, 0.29) is 17.9 Å². The number of amides is 2. The summed E-state index contributed by atoms with van der Waals surface area (Å²) in [6.07, 6.45) is 0.420. The zero-order chi connectivity index (χ0) is 20.4. The molecule has 1 atom stereocenters. The van der Waals surface area contributed by atoms with Crippen molar-refractivity contribution in [2.75, 3.05) is 5.75 Å². The minimum Gasteiger partial charge on any atom is -0.352 e. The van der Waals surface area contributed by atoms with Crippen LogP contribution in [0.5, 0.6) is 0 Å². The van der Waals surface area contributed by atoms with Gasteiger partial charge in [-0.25, -0.2) is 0 Å². The maximum Gasteiger partial charge on any atom is 0.242 e. The fraction of sp³-hybridized carbons (Fsp3) is 0.391. The van der Waals surface area contributed by atoms with Gasteiger partial charge in [-0.15, -0.1) is 0 Å². The third-order valence-corrected chi connectivity index (χ3v) is 5.40. The van der Waals surface area contributed by atoms with E-state index >= 15 is 0 Å². The summed E-state index contributed by atoms with van der Waals surface area (Å²) in [4.78, 5) is 27.1. The quantitative estimate of drug-likeness (QED) is 0.609. The van der Waals surface area contributed by atoms with Crippen LogP contribution in [0.1, 0.15) is 38.3 Å². The van der Waals surface area contributed by atoms with Crippen molar-refractivity contribution >= 4 is 23.6 Å². The molecule has 0 aliphatic carbocycles. The molecule has 2 amide bonds. The summed E-state index contributed by atoms with van der Waals surface area (Å²) in [5, 5.41) is 2.91. The van der Waals surface area contributed by atoms with Gasteiger partial charge in [-0.2, -0.15) is 11.8 Å². The second kappa shape index (κ2) is 11.5. The summed E-state index contributed by atoms with van der Waals surface area (Å²) in [7, 11) is 0. The molecule has 0 bridgehead atoms. The van der Waals surface area contributed by atoms with E-state index in [1.807, 2.05) is 62.4 Å². The van der Waals surface area contributed by atoms with Gasteiger partial charge in [0.2, 0.25) is 11.8 Å². The first-order chi connectivity index (χ1) is 13.5. The number of carbonyl (C=O) groups excluding carboxylic acids is 2. The van der Waals surface area contributed by atoms with E-state index in [1.165, 1.54) is 5.56 Å². The molecular weight excluding hydrogens is 368 g/mol. The van der Waals surface area contributed by atoms with Crippen molar-refractivity contribution in [1.29, 1.82) is 0 Å². The van der Waals surface area contributed by atoms with Crippen LogP contribution < -0.4 is 5.32 Å². The molecule has 2 aromatic carbocycles. The molecule has 2 rings (SSSR count). The average molecular weight is 399 g/mol. The Balaban J connectivity index is 1.96. The van der Waals surface area contributed by atoms with Crippen LogP contribution in [0, 0.1) is 0 Å². The summed E-state index contributed by atoms with van der Waals surface area (Å²) in [5.74, 6) is 1.51. The van der Waals surface area contributed by atoms with E-state index in [4.69, 9.17) is 0 Å². The molecule has 0 unspecified atom stereocenters. The lowest BCUT2D eigenvalue weighted by molar-refractivity contribution is -0.140. The first kappa shape index (κ1) is 22.0. The Hall–Kier alpha value is -2.27. The first-order valence-corrected chi connectivity index (χ1v) is 10.9. The highest BCUT2D eigenvalue weighted by atomic mass is 32.2. The fourth-order valence-corrected chi connectivity index (χ4v) is 3.73. The van der Waals surface area contributed by atoms with Crippen LogP contribution >= 0.6 is 11.8 Å². The maximum absolute atomic E-state index is 12.9. The molecule has 4 nitrogen and oxygen atoms in total. The highest BCUT2D eigenvalue weighted by molar-refractivity contribution is 7.98. The van der Waals surface area contributed by atoms with Crippen LogP contribution in [0.2, 0.25) is 0 Å². The SMILES string of the molecule is CC(C)NC(=O)[C@H](C)N(Cc1ccccc1)C(=O)CCSCc1ccccc1. The van der Waals surface area contributed by atoms with Crippen LogP contribution in [0.4, 0.5) is 0 Å². The number of carbonyl (C=O) groups is 2. The van der Waals surface area contributed by atoms with Crippen molar-refractivity contribution < 1.29 is 9.59 Å². The zero-order valence-electron chi connectivity index (χ0n) is 16.9. The number of benzene rings is 2. The number of rotatable bonds is 10. The molecule has 0 radical (unpaired) electrons. The largest absolute Gasteiger partial charge is 0.352 e. The number of nitrogens with zero attached hydrogens (tertiary/aromatic N) is 1. The van der Waals surface area contributed by atoms with E-state index in [0.717, 1.165) is 17.1 Å². The molecule has 0 aliphatic rings. The minimum atomic E-state index is -0.505. The highest BCUT2D eigenvalue weighted by Crippen LogP contribution is 2.16. The van der Waals surface area contributed by atoms with Crippen molar-refractivity contribution in [1.82, 2.24) is 10.2 Å². The van der Waals surface area contributed by atoms with Gasteiger partial charge < -0.3 is 10.2 Å². The van der Waals surface area contributed by atoms with Gasteiger partial charge in [0.15, 0.2) is 0 Å². The molecule has 150 valence electrons. The Labute approximate surface area is 172 Å². The molecule has 0 aromatic heterocycles. The lowest BCUT2D eigenvalue weighted by Gasteiger charge is -2.29. The van der Waals surface area contributed by atoms with Crippen LogP contribution in [0.15, 0.2) is 60.7 Å². The highest BCUT2D eigenvalue weighted by Gasteiger charge is 2.26. The second-order valence-electron chi connectivity index (χ2n) is 7.13. The Kier molecular flexibility index (Phi) is 9.08. The standard InChI is InChI=1S/C23H30N2O2S/c1-18(2)24-23(27)19(3)25(16-20-10-6-4-7-11-20)22(26)14-15-28-17-21-12-8-5-9-13-21/h4-13,18-19H,14-17H2,1-3H3,(H,24,27)/t19-/m0/s1. The lowest BCUT2D eigenvalue weighted by Crippen LogP contribution is -2.49. The first-order valence-electron chi connectivity index (χ1n) is 9.73. The molecule has 0 aliphatic heterocycles. The van der Waals surface area contributed by atoms with Gasteiger partial charge in [-0.3, -0.25) is 9.59 Å². The normalized spacial score (nSPS) is 11.9. The zero-order valence-corrected chi connectivity index (χ0v) is 17.7.